The SMILES string of the molecule is Clc1ccc(C2=CSc3nc(-c4ccccc4)c(Br)n3N2)cc1. The van der Waals surface area contributed by atoms with Gasteiger partial charge in [-0.1, -0.05) is 65.8 Å². The predicted octanol–water partition coefficient (Wildman–Crippen LogP) is 5.61. The first-order valence-electron chi connectivity index (χ1n) is 6.96. The molecule has 1 aromatic heterocycles. The van der Waals surface area contributed by atoms with Gasteiger partial charge < -0.3 is 0 Å². The lowest BCUT2D eigenvalue weighted by Gasteiger charge is -2.18. The third kappa shape index (κ3) is 2.80. The van der Waals surface area contributed by atoms with E-state index in [1.54, 1.807) is 11.8 Å². The van der Waals surface area contributed by atoms with Crippen LogP contribution in [0.15, 0.2) is 69.8 Å². The molecule has 6 heteroatoms. The lowest BCUT2D eigenvalue weighted by molar-refractivity contribution is 0.809. The Hall–Kier alpha value is -1.69. The Morgan fingerprint density at radius 3 is 2.48 bits per heavy atom. The second-order valence-electron chi connectivity index (χ2n) is 5.00. The number of fused-ring (bicyclic) bond motifs is 1. The summed E-state index contributed by atoms with van der Waals surface area (Å²) in [5, 5.41) is 3.69. The maximum Gasteiger partial charge on any atom is 0.193 e. The molecule has 1 aliphatic rings. The number of hydrogen-bond acceptors (Lipinski definition) is 3. The molecule has 0 unspecified atom stereocenters. The van der Waals surface area contributed by atoms with Crippen molar-refractivity contribution in [3.05, 3.63) is 75.2 Å². The smallest absolute Gasteiger partial charge is 0.193 e. The van der Waals surface area contributed by atoms with Crippen LogP contribution in [0.25, 0.3) is 17.0 Å². The average molecular weight is 405 g/mol. The van der Waals surface area contributed by atoms with Gasteiger partial charge in [-0.2, -0.15) is 0 Å². The van der Waals surface area contributed by atoms with Gasteiger partial charge in [0.25, 0.3) is 0 Å². The molecular weight excluding hydrogens is 394 g/mol. The van der Waals surface area contributed by atoms with Crippen LogP contribution in [0.5, 0.6) is 0 Å². The maximum atomic E-state index is 5.96. The van der Waals surface area contributed by atoms with Crippen LogP contribution in [-0.4, -0.2) is 9.66 Å². The molecule has 0 radical (unpaired) electrons. The number of aromatic nitrogens is 2. The molecule has 0 saturated heterocycles. The van der Waals surface area contributed by atoms with Crippen molar-refractivity contribution < 1.29 is 0 Å². The molecule has 23 heavy (non-hydrogen) atoms. The molecule has 0 atom stereocenters. The van der Waals surface area contributed by atoms with E-state index >= 15 is 0 Å². The van der Waals surface area contributed by atoms with E-state index in [9.17, 15) is 0 Å². The largest absolute Gasteiger partial charge is 0.290 e. The highest BCUT2D eigenvalue weighted by atomic mass is 79.9. The van der Waals surface area contributed by atoms with Gasteiger partial charge in [0.15, 0.2) is 5.16 Å². The number of hydrogen-bond donors (Lipinski definition) is 1. The van der Waals surface area contributed by atoms with E-state index in [2.05, 4.69) is 38.9 Å². The first kappa shape index (κ1) is 14.9. The topological polar surface area (TPSA) is 29.9 Å². The van der Waals surface area contributed by atoms with Gasteiger partial charge in [-0.25, -0.2) is 9.66 Å². The number of nitrogens with one attached hydrogen (secondary N) is 1. The summed E-state index contributed by atoms with van der Waals surface area (Å²) in [6.45, 7) is 0. The van der Waals surface area contributed by atoms with Gasteiger partial charge >= 0.3 is 0 Å². The van der Waals surface area contributed by atoms with Gasteiger partial charge in [0.1, 0.15) is 10.3 Å². The summed E-state index contributed by atoms with van der Waals surface area (Å²) in [6, 6.07) is 17.9. The van der Waals surface area contributed by atoms with E-state index < -0.39 is 0 Å². The highest BCUT2D eigenvalue weighted by molar-refractivity contribution is 9.10. The molecule has 0 fully saturated rings. The van der Waals surface area contributed by atoms with E-state index in [0.29, 0.717) is 0 Å². The van der Waals surface area contributed by atoms with Crippen molar-refractivity contribution in [3.63, 3.8) is 0 Å². The molecule has 3 nitrogen and oxygen atoms in total. The summed E-state index contributed by atoms with van der Waals surface area (Å²) < 4.78 is 2.86. The minimum Gasteiger partial charge on any atom is -0.290 e. The van der Waals surface area contributed by atoms with Crippen molar-refractivity contribution in [3.8, 4) is 11.3 Å². The number of thioether (sulfide) groups is 1. The highest BCUT2D eigenvalue weighted by Gasteiger charge is 2.21. The lowest BCUT2D eigenvalue weighted by atomic mass is 10.2. The Balaban J connectivity index is 1.70. The van der Waals surface area contributed by atoms with E-state index in [1.807, 2.05) is 47.1 Å². The quantitative estimate of drug-likeness (QED) is 0.602. The number of halogens is 2. The molecule has 0 bridgehead atoms. The summed E-state index contributed by atoms with van der Waals surface area (Å²) in [6.07, 6.45) is 0. The molecule has 0 spiro atoms. The molecule has 4 rings (SSSR count). The molecule has 0 aliphatic carbocycles. The fourth-order valence-corrected chi connectivity index (χ4v) is 3.97. The first-order valence-corrected chi connectivity index (χ1v) is 9.01. The zero-order chi connectivity index (χ0) is 15.8. The number of rotatable bonds is 2. The molecule has 2 heterocycles. The van der Waals surface area contributed by atoms with Crippen LogP contribution >= 0.6 is 39.3 Å². The summed E-state index contributed by atoms with van der Waals surface area (Å²) in [4.78, 5) is 4.71. The minimum atomic E-state index is 0.730. The second kappa shape index (κ2) is 6.07. The molecule has 2 aromatic carbocycles. The Kier molecular flexibility index (Phi) is 3.93. The fourth-order valence-electron chi connectivity index (χ4n) is 2.36. The summed E-state index contributed by atoms with van der Waals surface area (Å²) in [7, 11) is 0. The Labute approximate surface area is 151 Å². The Morgan fingerprint density at radius 2 is 1.74 bits per heavy atom. The predicted molar refractivity (Wildman–Crippen MR) is 100 cm³/mol. The van der Waals surface area contributed by atoms with Crippen LogP contribution in [0, 0.1) is 0 Å². The maximum absolute atomic E-state index is 5.96. The second-order valence-corrected chi connectivity index (χ2v) is 7.03. The van der Waals surface area contributed by atoms with Crippen LogP contribution < -0.4 is 5.43 Å². The van der Waals surface area contributed by atoms with Crippen LogP contribution in [0.2, 0.25) is 5.02 Å². The van der Waals surface area contributed by atoms with Gasteiger partial charge in [-0.05, 0) is 28.1 Å². The third-order valence-electron chi connectivity index (χ3n) is 3.51. The van der Waals surface area contributed by atoms with E-state index in [1.165, 1.54) is 0 Å². The fraction of sp³-hybridized carbons (Fsp3) is 0. The van der Waals surface area contributed by atoms with Crippen molar-refractivity contribution in [1.29, 1.82) is 0 Å². The van der Waals surface area contributed by atoms with Crippen molar-refractivity contribution in [2.24, 2.45) is 0 Å². The highest BCUT2D eigenvalue weighted by Crippen LogP contribution is 2.36. The van der Waals surface area contributed by atoms with Crippen LogP contribution in [0.4, 0.5) is 0 Å². The normalized spacial score (nSPS) is 13.2. The molecular formula is C17H11BrClN3S. The third-order valence-corrected chi connectivity index (χ3v) is 5.33. The van der Waals surface area contributed by atoms with Crippen molar-refractivity contribution in [2.75, 3.05) is 5.43 Å². The van der Waals surface area contributed by atoms with Crippen molar-refractivity contribution >= 4 is 45.0 Å². The van der Waals surface area contributed by atoms with Gasteiger partial charge in [0.2, 0.25) is 0 Å². The van der Waals surface area contributed by atoms with Crippen molar-refractivity contribution in [2.45, 2.75) is 5.16 Å². The van der Waals surface area contributed by atoms with Gasteiger partial charge in [-0.15, -0.1) is 0 Å². The molecule has 114 valence electrons. The van der Waals surface area contributed by atoms with E-state index in [4.69, 9.17) is 16.6 Å². The van der Waals surface area contributed by atoms with Crippen molar-refractivity contribution in [1.82, 2.24) is 9.66 Å². The minimum absolute atomic E-state index is 0.730. The Bertz CT molecular complexity index is 888. The van der Waals surface area contributed by atoms with Gasteiger partial charge in [0, 0.05) is 21.6 Å². The van der Waals surface area contributed by atoms with E-state index in [-0.39, 0.29) is 0 Å². The lowest BCUT2D eigenvalue weighted by Crippen LogP contribution is -2.17. The summed E-state index contributed by atoms with van der Waals surface area (Å²) in [5.41, 5.74) is 7.49. The van der Waals surface area contributed by atoms with Crippen LogP contribution in [0.3, 0.4) is 0 Å². The molecule has 0 amide bonds. The number of nitrogens with zero attached hydrogens (tertiary/aromatic N) is 2. The molecule has 1 aliphatic heterocycles. The van der Waals surface area contributed by atoms with E-state index in [0.717, 1.165) is 37.3 Å². The van der Waals surface area contributed by atoms with Gasteiger partial charge in [-0.3, -0.25) is 5.43 Å². The zero-order valence-electron chi connectivity index (χ0n) is 11.8. The molecule has 1 N–H and O–H groups in total. The molecule has 0 saturated carbocycles. The number of benzene rings is 2. The average Bonchev–Trinajstić information content (AvgIpc) is 2.93. The standard InChI is InChI=1S/C17H11BrClN3S/c18-16-15(12-4-2-1-3-5-12)20-17-22(16)21-14(10-23-17)11-6-8-13(19)9-7-11/h1-10,21H. The first-order chi connectivity index (χ1) is 11.2. The summed E-state index contributed by atoms with van der Waals surface area (Å²) in [5.74, 6) is 0. The monoisotopic (exact) mass is 403 g/mol. The van der Waals surface area contributed by atoms with Gasteiger partial charge in [0.05, 0.1) is 5.70 Å². The van der Waals surface area contributed by atoms with Crippen LogP contribution in [0.1, 0.15) is 5.56 Å². The zero-order valence-corrected chi connectivity index (χ0v) is 15.0. The van der Waals surface area contributed by atoms with Crippen LogP contribution in [-0.2, 0) is 0 Å². The Morgan fingerprint density at radius 1 is 1.00 bits per heavy atom. The number of imidazole rings is 1. The molecule has 3 aromatic rings. The summed E-state index contributed by atoms with van der Waals surface area (Å²) >= 11 is 11.2.